The van der Waals surface area contributed by atoms with Gasteiger partial charge in [-0.3, -0.25) is 19.6 Å². The highest BCUT2D eigenvalue weighted by Gasteiger charge is 2.36. The summed E-state index contributed by atoms with van der Waals surface area (Å²) in [7, 11) is 0. The molecule has 0 N–H and O–H groups in total. The number of benzene rings is 1. The minimum Gasteiger partial charge on any atom is -0.433 e. The molecule has 0 bridgehead atoms. The van der Waals surface area contributed by atoms with Crippen LogP contribution in [-0.4, -0.2) is 33.8 Å². The summed E-state index contributed by atoms with van der Waals surface area (Å²) >= 11 is 0. The summed E-state index contributed by atoms with van der Waals surface area (Å²) in [6, 6.07) is 5.26. The molecule has 8 nitrogen and oxygen atoms in total. The van der Waals surface area contributed by atoms with Crippen LogP contribution in [0.3, 0.4) is 0 Å². The Morgan fingerprint density at radius 3 is 2.79 bits per heavy atom. The maximum absolute atomic E-state index is 12.6. The molecular formula is C14H12F2N4O4. The lowest BCUT2D eigenvalue weighted by Gasteiger charge is -2.20. The highest BCUT2D eigenvalue weighted by Crippen LogP contribution is 2.35. The number of aromatic nitrogens is 2. The van der Waals surface area contributed by atoms with Gasteiger partial charge in [0.25, 0.3) is 5.91 Å². The van der Waals surface area contributed by atoms with Crippen molar-refractivity contribution in [1.29, 1.82) is 0 Å². The summed E-state index contributed by atoms with van der Waals surface area (Å²) in [6.07, 6.45) is 2.58. The second kappa shape index (κ2) is 6.22. The van der Waals surface area contributed by atoms with Crippen molar-refractivity contribution >= 4 is 17.3 Å². The van der Waals surface area contributed by atoms with E-state index in [2.05, 4.69) is 9.84 Å². The third kappa shape index (κ3) is 2.90. The van der Waals surface area contributed by atoms with E-state index in [-0.39, 0.29) is 23.7 Å². The zero-order valence-electron chi connectivity index (χ0n) is 12.2. The van der Waals surface area contributed by atoms with Crippen LogP contribution < -0.4 is 9.64 Å². The molecule has 10 heteroatoms. The van der Waals surface area contributed by atoms with Gasteiger partial charge in [-0.2, -0.15) is 13.9 Å². The molecule has 0 aliphatic carbocycles. The SMILES string of the molecule is O=C1C(n2cc([N+](=O)[O-])cn2)CCN1c1ccccc1OC(F)F. The van der Waals surface area contributed by atoms with Gasteiger partial charge in [0.1, 0.15) is 24.2 Å². The number of ether oxygens (including phenoxy) is 1. The van der Waals surface area contributed by atoms with E-state index in [1.165, 1.54) is 34.0 Å². The first kappa shape index (κ1) is 15.8. The van der Waals surface area contributed by atoms with E-state index >= 15 is 0 Å². The monoisotopic (exact) mass is 338 g/mol. The molecule has 126 valence electrons. The fraction of sp³-hybridized carbons (Fsp3) is 0.286. The molecule has 1 aromatic carbocycles. The molecule has 1 unspecified atom stereocenters. The molecule has 1 aliphatic rings. The maximum Gasteiger partial charge on any atom is 0.387 e. The topological polar surface area (TPSA) is 90.5 Å². The minimum absolute atomic E-state index is 0.104. The van der Waals surface area contributed by atoms with Crippen LogP contribution in [-0.2, 0) is 4.79 Å². The number of carbonyl (C=O) groups excluding carboxylic acids is 1. The number of hydrogen-bond acceptors (Lipinski definition) is 5. The van der Waals surface area contributed by atoms with E-state index in [0.29, 0.717) is 6.42 Å². The summed E-state index contributed by atoms with van der Waals surface area (Å²) in [5, 5.41) is 14.6. The molecule has 0 radical (unpaired) electrons. The summed E-state index contributed by atoms with van der Waals surface area (Å²) in [5.74, 6) is -0.494. The number of carbonyl (C=O) groups is 1. The van der Waals surface area contributed by atoms with Gasteiger partial charge in [0.15, 0.2) is 0 Å². The van der Waals surface area contributed by atoms with Crippen LogP contribution in [0.5, 0.6) is 5.75 Å². The Labute approximate surface area is 134 Å². The fourth-order valence-electron chi connectivity index (χ4n) is 2.62. The zero-order chi connectivity index (χ0) is 17.3. The lowest BCUT2D eigenvalue weighted by molar-refractivity contribution is -0.385. The molecule has 2 aromatic rings. The van der Waals surface area contributed by atoms with E-state index in [1.807, 2.05) is 0 Å². The Morgan fingerprint density at radius 1 is 1.38 bits per heavy atom. The largest absolute Gasteiger partial charge is 0.433 e. The molecule has 0 spiro atoms. The van der Waals surface area contributed by atoms with Gasteiger partial charge in [-0.15, -0.1) is 0 Å². The summed E-state index contributed by atoms with van der Waals surface area (Å²) in [5.41, 5.74) is 0.00893. The number of nitrogens with zero attached hydrogens (tertiary/aromatic N) is 4. The Hall–Kier alpha value is -3.04. The number of rotatable bonds is 5. The summed E-state index contributed by atoms with van der Waals surface area (Å²) < 4.78 is 30.7. The van der Waals surface area contributed by atoms with Gasteiger partial charge >= 0.3 is 12.3 Å². The first-order valence-electron chi connectivity index (χ1n) is 7.01. The van der Waals surface area contributed by atoms with Crippen molar-refractivity contribution in [1.82, 2.24) is 9.78 Å². The Bertz CT molecular complexity index is 780. The molecule has 1 aliphatic heterocycles. The zero-order valence-corrected chi connectivity index (χ0v) is 12.2. The number of amides is 1. The van der Waals surface area contributed by atoms with Crippen LogP contribution in [0, 0.1) is 10.1 Å². The van der Waals surface area contributed by atoms with Gasteiger partial charge in [-0.25, -0.2) is 0 Å². The van der Waals surface area contributed by atoms with Crippen molar-refractivity contribution in [2.45, 2.75) is 19.1 Å². The van der Waals surface area contributed by atoms with Gasteiger partial charge in [0.05, 0.1) is 10.6 Å². The third-order valence-corrected chi connectivity index (χ3v) is 3.67. The number of nitro groups is 1. The highest BCUT2D eigenvalue weighted by molar-refractivity contribution is 5.99. The van der Waals surface area contributed by atoms with Crippen molar-refractivity contribution in [3.63, 3.8) is 0 Å². The molecule has 1 saturated heterocycles. The molecule has 24 heavy (non-hydrogen) atoms. The van der Waals surface area contributed by atoms with Crippen LogP contribution in [0.15, 0.2) is 36.7 Å². The highest BCUT2D eigenvalue weighted by atomic mass is 19.3. The van der Waals surface area contributed by atoms with Crippen molar-refractivity contribution < 1.29 is 23.2 Å². The van der Waals surface area contributed by atoms with Crippen LogP contribution >= 0.6 is 0 Å². The van der Waals surface area contributed by atoms with Gasteiger partial charge in [0.2, 0.25) is 0 Å². The van der Waals surface area contributed by atoms with Crippen molar-refractivity contribution in [2.75, 3.05) is 11.4 Å². The Balaban J connectivity index is 1.85. The van der Waals surface area contributed by atoms with Crippen molar-refractivity contribution in [2.24, 2.45) is 0 Å². The molecule has 1 atom stereocenters. The Kier molecular flexibility index (Phi) is 4.11. The molecule has 2 heterocycles. The van der Waals surface area contributed by atoms with Gasteiger partial charge in [0, 0.05) is 6.54 Å². The number of anilines is 1. The molecule has 1 amide bonds. The smallest absolute Gasteiger partial charge is 0.387 e. The van der Waals surface area contributed by atoms with Crippen LogP contribution in [0.2, 0.25) is 0 Å². The van der Waals surface area contributed by atoms with E-state index < -0.39 is 23.5 Å². The lowest BCUT2D eigenvalue weighted by atomic mass is 10.2. The fourth-order valence-corrected chi connectivity index (χ4v) is 2.62. The molecule has 1 aromatic heterocycles. The summed E-state index contributed by atoms with van der Waals surface area (Å²) in [6.45, 7) is -2.74. The number of para-hydroxylation sites is 2. The van der Waals surface area contributed by atoms with E-state index in [1.54, 1.807) is 6.07 Å². The predicted molar refractivity (Wildman–Crippen MR) is 78.0 cm³/mol. The first-order chi connectivity index (χ1) is 11.5. The maximum atomic E-state index is 12.6. The summed E-state index contributed by atoms with van der Waals surface area (Å²) in [4.78, 5) is 24.0. The second-order valence-corrected chi connectivity index (χ2v) is 5.08. The second-order valence-electron chi connectivity index (χ2n) is 5.08. The molecule has 3 rings (SSSR count). The van der Waals surface area contributed by atoms with Crippen LogP contribution in [0.1, 0.15) is 12.5 Å². The number of alkyl halides is 2. The van der Waals surface area contributed by atoms with Gasteiger partial charge < -0.3 is 9.64 Å². The predicted octanol–water partition coefficient (Wildman–Crippen LogP) is 2.37. The standard InChI is InChI=1S/C14H12F2N4O4/c15-14(16)24-12-4-2-1-3-10(12)18-6-5-11(13(18)21)19-8-9(7-17-19)20(22)23/h1-4,7-8,11,14H,5-6H2. The lowest BCUT2D eigenvalue weighted by Crippen LogP contribution is -2.29. The van der Waals surface area contributed by atoms with Crippen LogP contribution in [0.4, 0.5) is 20.2 Å². The van der Waals surface area contributed by atoms with E-state index in [4.69, 9.17) is 0 Å². The quantitative estimate of drug-likeness (QED) is 0.617. The molecule has 1 fully saturated rings. The van der Waals surface area contributed by atoms with E-state index in [9.17, 15) is 23.7 Å². The first-order valence-corrected chi connectivity index (χ1v) is 7.01. The van der Waals surface area contributed by atoms with Gasteiger partial charge in [-0.05, 0) is 18.6 Å². The molecular weight excluding hydrogens is 326 g/mol. The Morgan fingerprint density at radius 2 is 2.12 bits per heavy atom. The average Bonchev–Trinajstić information content (AvgIpc) is 3.14. The van der Waals surface area contributed by atoms with Gasteiger partial charge in [-0.1, -0.05) is 12.1 Å². The third-order valence-electron chi connectivity index (χ3n) is 3.67. The average molecular weight is 338 g/mol. The van der Waals surface area contributed by atoms with Crippen molar-refractivity contribution in [3.8, 4) is 5.75 Å². The van der Waals surface area contributed by atoms with Crippen molar-refractivity contribution in [3.05, 3.63) is 46.8 Å². The van der Waals surface area contributed by atoms with E-state index in [0.717, 1.165) is 6.20 Å². The normalized spacial score (nSPS) is 17.5. The number of halogens is 2. The number of hydrogen-bond donors (Lipinski definition) is 0. The molecule has 0 saturated carbocycles. The van der Waals surface area contributed by atoms with Crippen LogP contribution in [0.25, 0.3) is 0 Å². The minimum atomic E-state index is -3.01.